The predicted molar refractivity (Wildman–Crippen MR) is 71.4 cm³/mol. The van der Waals surface area contributed by atoms with Gasteiger partial charge in [0.1, 0.15) is 6.04 Å². The number of fused-ring (bicyclic) bond motifs is 2. The van der Waals surface area contributed by atoms with E-state index in [2.05, 4.69) is 10.6 Å². The van der Waals surface area contributed by atoms with E-state index in [1.807, 2.05) is 4.90 Å². The van der Waals surface area contributed by atoms with Gasteiger partial charge in [0, 0.05) is 32.6 Å². The van der Waals surface area contributed by atoms with Crippen molar-refractivity contribution in [2.45, 2.75) is 31.7 Å². The Kier molecular flexibility index (Phi) is 3.48. The molecule has 4 atom stereocenters. The van der Waals surface area contributed by atoms with Gasteiger partial charge in [0.15, 0.2) is 0 Å². The van der Waals surface area contributed by atoms with E-state index < -0.39 is 0 Å². The Morgan fingerprint density at radius 2 is 2.11 bits per heavy atom. The van der Waals surface area contributed by atoms with E-state index in [1.165, 1.54) is 19.3 Å². The van der Waals surface area contributed by atoms with E-state index >= 15 is 0 Å². The van der Waals surface area contributed by atoms with Gasteiger partial charge >= 0.3 is 0 Å². The van der Waals surface area contributed by atoms with E-state index in [4.69, 9.17) is 0 Å². The first-order chi connectivity index (χ1) is 9.20. The maximum absolute atomic E-state index is 12.7. The second-order valence-corrected chi connectivity index (χ2v) is 6.15. The summed E-state index contributed by atoms with van der Waals surface area (Å²) in [6.07, 6.45) is 4.79. The van der Waals surface area contributed by atoms with Crippen molar-refractivity contribution >= 4 is 11.8 Å². The van der Waals surface area contributed by atoms with Gasteiger partial charge in [0.25, 0.3) is 0 Å². The molecule has 2 bridgehead atoms. The number of rotatable bonds is 2. The summed E-state index contributed by atoms with van der Waals surface area (Å²) in [5.41, 5.74) is 0. The Hall–Kier alpha value is -1.10. The van der Waals surface area contributed by atoms with Crippen LogP contribution >= 0.6 is 0 Å². The molecule has 3 aliphatic rings. The molecule has 106 valence electrons. The lowest BCUT2D eigenvalue weighted by atomic mass is 9.87. The Labute approximate surface area is 114 Å². The van der Waals surface area contributed by atoms with Crippen LogP contribution in [0, 0.1) is 17.8 Å². The maximum atomic E-state index is 12.7. The standard InChI is InChI=1S/C14H23N3O2/c1-15-13(18)12-8-16-4-5-17(12)14(19)11-7-9-2-3-10(11)6-9/h9-12,16H,2-8H2,1H3,(H,15,18). The smallest absolute Gasteiger partial charge is 0.243 e. The lowest BCUT2D eigenvalue weighted by Gasteiger charge is -2.38. The first kappa shape index (κ1) is 12.9. The van der Waals surface area contributed by atoms with Crippen LogP contribution in [0.5, 0.6) is 0 Å². The van der Waals surface area contributed by atoms with Crippen LogP contribution in [0.15, 0.2) is 0 Å². The molecular formula is C14H23N3O2. The van der Waals surface area contributed by atoms with Crippen molar-refractivity contribution in [3.63, 3.8) is 0 Å². The maximum Gasteiger partial charge on any atom is 0.243 e. The van der Waals surface area contributed by atoms with Gasteiger partial charge in [-0.15, -0.1) is 0 Å². The molecule has 19 heavy (non-hydrogen) atoms. The molecule has 4 unspecified atom stereocenters. The Morgan fingerprint density at radius 1 is 1.26 bits per heavy atom. The molecule has 0 aromatic heterocycles. The number of carbonyl (C=O) groups excluding carboxylic acids is 2. The van der Waals surface area contributed by atoms with E-state index in [0.717, 1.165) is 18.9 Å². The van der Waals surface area contributed by atoms with Crippen LogP contribution < -0.4 is 10.6 Å². The first-order valence-corrected chi connectivity index (χ1v) is 7.43. The van der Waals surface area contributed by atoms with Gasteiger partial charge in [-0.1, -0.05) is 6.42 Å². The van der Waals surface area contributed by atoms with E-state index in [0.29, 0.717) is 19.0 Å². The van der Waals surface area contributed by atoms with Crippen LogP contribution in [-0.2, 0) is 9.59 Å². The number of hydrogen-bond acceptors (Lipinski definition) is 3. The van der Waals surface area contributed by atoms with Crippen molar-refractivity contribution in [3.8, 4) is 0 Å². The monoisotopic (exact) mass is 265 g/mol. The molecule has 2 aliphatic carbocycles. The molecule has 0 aromatic carbocycles. The normalized spacial score (nSPS) is 37.4. The molecule has 0 aromatic rings. The van der Waals surface area contributed by atoms with Crippen LogP contribution in [0.3, 0.4) is 0 Å². The summed E-state index contributed by atoms with van der Waals surface area (Å²) in [6.45, 7) is 2.02. The third kappa shape index (κ3) is 2.24. The molecule has 0 spiro atoms. The SMILES string of the molecule is CNC(=O)C1CNCCN1C(=O)C1CC2CCC1C2. The average molecular weight is 265 g/mol. The molecule has 2 N–H and O–H groups in total. The Balaban J connectivity index is 1.72. The molecule has 0 radical (unpaired) electrons. The van der Waals surface area contributed by atoms with Gasteiger partial charge in [-0.05, 0) is 31.1 Å². The van der Waals surface area contributed by atoms with E-state index in [9.17, 15) is 9.59 Å². The number of nitrogens with zero attached hydrogens (tertiary/aromatic N) is 1. The second kappa shape index (κ2) is 5.12. The zero-order valence-corrected chi connectivity index (χ0v) is 11.5. The molecule has 2 amide bonds. The molecular weight excluding hydrogens is 242 g/mol. The summed E-state index contributed by atoms with van der Waals surface area (Å²) in [5.74, 6) is 1.70. The van der Waals surface area contributed by atoms with Crippen molar-refractivity contribution in [2.75, 3.05) is 26.7 Å². The summed E-state index contributed by atoms with van der Waals surface area (Å²) in [7, 11) is 1.64. The fraction of sp³-hybridized carbons (Fsp3) is 0.857. The lowest BCUT2D eigenvalue weighted by molar-refractivity contribution is -0.145. The van der Waals surface area contributed by atoms with Crippen molar-refractivity contribution in [3.05, 3.63) is 0 Å². The number of amides is 2. The molecule has 1 saturated heterocycles. The van der Waals surface area contributed by atoms with Crippen molar-refractivity contribution in [2.24, 2.45) is 17.8 Å². The zero-order chi connectivity index (χ0) is 13.4. The predicted octanol–water partition coefficient (Wildman–Crippen LogP) is -0.0310. The molecule has 5 heteroatoms. The summed E-state index contributed by atoms with van der Waals surface area (Å²) < 4.78 is 0. The summed E-state index contributed by atoms with van der Waals surface area (Å²) in [4.78, 5) is 26.5. The summed E-state index contributed by atoms with van der Waals surface area (Å²) in [5, 5.41) is 5.88. The number of nitrogens with one attached hydrogen (secondary N) is 2. The van der Waals surface area contributed by atoms with Gasteiger partial charge in [-0.3, -0.25) is 9.59 Å². The van der Waals surface area contributed by atoms with Crippen molar-refractivity contribution in [1.29, 1.82) is 0 Å². The van der Waals surface area contributed by atoms with Crippen LogP contribution in [0.4, 0.5) is 0 Å². The molecule has 5 nitrogen and oxygen atoms in total. The Bertz CT molecular complexity index is 385. The third-order valence-corrected chi connectivity index (χ3v) is 5.13. The van der Waals surface area contributed by atoms with E-state index in [1.54, 1.807) is 7.05 Å². The highest BCUT2D eigenvalue weighted by Gasteiger charge is 2.46. The fourth-order valence-electron chi connectivity index (χ4n) is 4.13. The van der Waals surface area contributed by atoms with Crippen LogP contribution in [0.1, 0.15) is 25.7 Å². The average Bonchev–Trinajstić information content (AvgIpc) is 3.08. The van der Waals surface area contributed by atoms with Crippen LogP contribution in [0.25, 0.3) is 0 Å². The molecule has 1 aliphatic heterocycles. The van der Waals surface area contributed by atoms with Gasteiger partial charge in [-0.2, -0.15) is 0 Å². The van der Waals surface area contributed by atoms with Crippen molar-refractivity contribution in [1.82, 2.24) is 15.5 Å². The number of likely N-dealkylation sites (N-methyl/N-ethyl adjacent to an activating group) is 1. The molecule has 1 heterocycles. The van der Waals surface area contributed by atoms with E-state index in [-0.39, 0.29) is 23.8 Å². The topological polar surface area (TPSA) is 61.4 Å². The third-order valence-electron chi connectivity index (χ3n) is 5.13. The highest BCUT2D eigenvalue weighted by Crippen LogP contribution is 2.49. The lowest BCUT2D eigenvalue weighted by Crippen LogP contribution is -2.60. The minimum absolute atomic E-state index is 0.0521. The summed E-state index contributed by atoms with van der Waals surface area (Å²) in [6, 6.07) is -0.328. The Morgan fingerprint density at radius 3 is 2.74 bits per heavy atom. The largest absolute Gasteiger partial charge is 0.357 e. The van der Waals surface area contributed by atoms with Crippen LogP contribution in [-0.4, -0.2) is 49.4 Å². The molecule has 3 fully saturated rings. The number of piperazine rings is 1. The minimum Gasteiger partial charge on any atom is -0.357 e. The zero-order valence-electron chi connectivity index (χ0n) is 11.5. The van der Waals surface area contributed by atoms with Gasteiger partial charge in [0.2, 0.25) is 11.8 Å². The van der Waals surface area contributed by atoms with Crippen molar-refractivity contribution < 1.29 is 9.59 Å². The highest BCUT2D eigenvalue weighted by atomic mass is 16.2. The summed E-state index contributed by atoms with van der Waals surface area (Å²) >= 11 is 0. The highest BCUT2D eigenvalue weighted by molar-refractivity contribution is 5.89. The molecule has 2 saturated carbocycles. The fourth-order valence-corrected chi connectivity index (χ4v) is 4.13. The van der Waals surface area contributed by atoms with Crippen LogP contribution in [0.2, 0.25) is 0 Å². The first-order valence-electron chi connectivity index (χ1n) is 7.43. The number of hydrogen-bond donors (Lipinski definition) is 2. The minimum atomic E-state index is -0.328. The van der Waals surface area contributed by atoms with Gasteiger partial charge < -0.3 is 15.5 Å². The number of carbonyl (C=O) groups is 2. The second-order valence-electron chi connectivity index (χ2n) is 6.15. The molecule has 3 rings (SSSR count). The quantitative estimate of drug-likeness (QED) is 0.737. The van der Waals surface area contributed by atoms with Gasteiger partial charge in [-0.25, -0.2) is 0 Å². The van der Waals surface area contributed by atoms with Gasteiger partial charge in [0.05, 0.1) is 0 Å².